The molecule has 2 N–H and O–H groups in total. The average molecular weight is 491 g/mol. The molecule has 33 heavy (non-hydrogen) atoms. The van der Waals surface area contributed by atoms with Crippen molar-refractivity contribution in [3.05, 3.63) is 63.3 Å². The quantitative estimate of drug-likeness (QED) is 0.266. The Labute approximate surface area is 199 Å². The monoisotopic (exact) mass is 490 g/mol. The molecule has 0 aliphatic rings. The Hall–Kier alpha value is -3.49. The fourth-order valence-corrected chi connectivity index (χ4v) is 3.82. The van der Waals surface area contributed by atoms with Crippen LogP contribution >= 0.6 is 23.2 Å². The Morgan fingerprint density at radius 3 is 2.52 bits per heavy atom. The fraction of sp³-hybridized carbons (Fsp3) is 0.174. The standard InChI is InChI=1S/C23H20Cl2N2O6/c1-4-33-22(29)20-16(19-17(25)9-13(24)10-18(19)27-20)11-15(21(28)31-2)12-6-5-7-14(8-12)26-23(30)32-3/h5-11,27H,4H2,1-3H3,(H,26,30)/b15-11+. The van der Waals surface area contributed by atoms with Crippen molar-refractivity contribution in [2.45, 2.75) is 6.92 Å². The highest BCUT2D eigenvalue weighted by Gasteiger charge is 2.23. The summed E-state index contributed by atoms with van der Waals surface area (Å²) in [7, 11) is 2.48. The lowest BCUT2D eigenvalue weighted by atomic mass is 10.0. The molecule has 1 aromatic heterocycles. The minimum Gasteiger partial charge on any atom is -0.465 e. The van der Waals surface area contributed by atoms with E-state index in [0.717, 1.165) is 0 Å². The second kappa shape index (κ2) is 10.4. The third-order valence-corrected chi connectivity index (χ3v) is 5.15. The second-order valence-corrected chi connectivity index (χ2v) is 7.53. The maximum Gasteiger partial charge on any atom is 0.411 e. The van der Waals surface area contributed by atoms with Crippen molar-refractivity contribution in [2.75, 3.05) is 26.1 Å². The average Bonchev–Trinajstić information content (AvgIpc) is 3.15. The van der Waals surface area contributed by atoms with E-state index in [1.54, 1.807) is 37.3 Å². The lowest BCUT2D eigenvalue weighted by Gasteiger charge is -2.10. The van der Waals surface area contributed by atoms with Gasteiger partial charge in [0.05, 0.1) is 31.4 Å². The molecule has 0 aliphatic heterocycles. The Kier molecular flexibility index (Phi) is 7.63. The van der Waals surface area contributed by atoms with E-state index in [0.29, 0.717) is 32.7 Å². The van der Waals surface area contributed by atoms with Crippen LogP contribution in [0, 0.1) is 0 Å². The third kappa shape index (κ3) is 5.30. The number of aromatic nitrogens is 1. The fourth-order valence-electron chi connectivity index (χ4n) is 3.23. The van der Waals surface area contributed by atoms with Gasteiger partial charge in [0.25, 0.3) is 0 Å². The van der Waals surface area contributed by atoms with Gasteiger partial charge < -0.3 is 19.2 Å². The van der Waals surface area contributed by atoms with E-state index in [9.17, 15) is 14.4 Å². The first kappa shape index (κ1) is 24.2. The Bertz CT molecular complexity index is 1270. The Morgan fingerprint density at radius 2 is 1.85 bits per heavy atom. The Balaban J connectivity index is 2.26. The smallest absolute Gasteiger partial charge is 0.411 e. The van der Waals surface area contributed by atoms with Crippen molar-refractivity contribution >= 4 is 69.5 Å². The van der Waals surface area contributed by atoms with E-state index in [4.69, 9.17) is 32.7 Å². The van der Waals surface area contributed by atoms with Crippen molar-refractivity contribution in [1.82, 2.24) is 4.98 Å². The first-order chi connectivity index (χ1) is 15.8. The number of esters is 2. The van der Waals surface area contributed by atoms with Gasteiger partial charge >= 0.3 is 18.0 Å². The Morgan fingerprint density at radius 1 is 1.09 bits per heavy atom. The van der Waals surface area contributed by atoms with Gasteiger partial charge in [0, 0.05) is 27.2 Å². The molecule has 0 unspecified atom stereocenters. The molecule has 1 amide bonds. The number of methoxy groups -OCH3 is 2. The predicted octanol–water partition coefficient (Wildman–Crippen LogP) is 5.54. The summed E-state index contributed by atoms with van der Waals surface area (Å²) in [6.45, 7) is 1.83. The molecule has 1 heterocycles. The number of hydrogen-bond acceptors (Lipinski definition) is 6. The van der Waals surface area contributed by atoms with Crippen LogP contribution in [0.5, 0.6) is 0 Å². The summed E-state index contributed by atoms with van der Waals surface area (Å²) in [5, 5.41) is 3.67. The first-order valence-corrected chi connectivity index (χ1v) is 10.5. The normalized spacial score (nSPS) is 11.2. The molecule has 172 valence electrons. The first-order valence-electron chi connectivity index (χ1n) is 9.72. The van der Waals surface area contributed by atoms with E-state index >= 15 is 0 Å². The number of rotatable bonds is 6. The van der Waals surface area contributed by atoms with Gasteiger partial charge in [0.1, 0.15) is 5.69 Å². The molecular formula is C23H20Cl2N2O6. The topological polar surface area (TPSA) is 107 Å². The zero-order chi connectivity index (χ0) is 24.1. The van der Waals surface area contributed by atoms with Crippen LogP contribution in [0.3, 0.4) is 0 Å². The zero-order valence-corrected chi connectivity index (χ0v) is 19.5. The van der Waals surface area contributed by atoms with Crippen LogP contribution in [0.4, 0.5) is 10.5 Å². The molecular weight excluding hydrogens is 471 g/mol. The van der Waals surface area contributed by atoms with Crippen LogP contribution in [-0.2, 0) is 19.0 Å². The number of amides is 1. The molecule has 3 aromatic rings. The van der Waals surface area contributed by atoms with E-state index in [1.165, 1.54) is 26.4 Å². The summed E-state index contributed by atoms with van der Waals surface area (Å²) in [6.07, 6.45) is 0.814. The van der Waals surface area contributed by atoms with Gasteiger partial charge in [-0.15, -0.1) is 0 Å². The van der Waals surface area contributed by atoms with Crippen molar-refractivity contribution in [3.8, 4) is 0 Å². The molecule has 2 aromatic carbocycles. The van der Waals surface area contributed by atoms with Crippen LogP contribution in [0.25, 0.3) is 22.6 Å². The highest BCUT2D eigenvalue weighted by Crippen LogP contribution is 2.35. The molecule has 0 saturated carbocycles. The molecule has 0 fully saturated rings. The number of ether oxygens (including phenoxy) is 3. The highest BCUT2D eigenvalue weighted by molar-refractivity contribution is 6.39. The van der Waals surface area contributed by atoms with Gasteiger partial charge in [0.2, 0.25) is 0 Å². The van der Waals surface area contributed by atoms with Crippen LogP contribution in [-0.4, -0.2) is 43.8 Å². The summed E-state index contributed by atoms with van der Waals surface area (Å²) >= 11 is 12.6. The summed E-state index contributed by atoms with van der Waals surface area (Å²) in [6, 6.07) is 9.64. The van der Waals surface area contributed by atoms with Gasteiger partial charge in [0.15, 0.2) is 0 Å². The largest absolute Gasteiger partial charge is 0.465 e. The number of anilines is 1. The maximum atomic E-state index is 12.7. The van der Waals surface area contributed by atoms with Gasteiger partial charge in [-0.1, -0.05) is 35.3 Å². The van der Waals surface area contributed by atoms with Crippen molar-refractivity contribution in [2.24, 2.45) is 0 Å². The van der Waals surface area contributed by atoms with Gasteiger partial charge in [-0.05, 0) is 42.8 Å². The molecule has 3 rings (SSSR count). The molecule has 0 bridgehead atoms. The summed E-state index contributed by atoms with van der Waals surface area (Å²) in [5.74, 6) is -1.29. The number of aromatic amines is 1. The van der Waals surface area contributed by atoms with Gasteiger partial charge in [-0.25, -0.2) is 14.4 Å². The van der Waals surface area contributed by atoms with Crippen LogP contribution in [0.1, 0.15) is 28.5 Å². The highest BCUT2D eigenvalue weighted by atomic mass is 35.5. The van der Waals surface area contributed by atoms with Gasteiger partial charge in [-0.2, -0.15) is 0 Å². The van der Waals surface area contributed by atoms with E-state index < -0.39 is 18.0 Å². The van der Waals surface area contributed by atoms with Crippen LogP contribution in [0.15, 0.2) is 36.4 Å². The molecule has 0 atom stereocenters. The van der Waals surface area contributed by atoms with Crippen molar-refractivity contribution in [3.63, 3.8) is 0 Å². The van der Waals surface area contributed by atoms with E-state index in [2.05, 4.69) is 15.0 Å². The van der Waals surface area contributed by atoms with Crippen molar-refractivity contribution < 1.29 is 28.6 Å². The second-order valence-electron chi connectivity index (χ2n) is 6.69. The number of H-pyrrole nitrogens is 1. The lowest BCUT2D eigenvalue weighted by molar-refractivity contribution is -0.133. The minimum absolute atomic E-state index is 0.0984. The van der Waals surface area contributed by atoms with Crippen molar-refractivity contribution in [1.29, 1.82) is 0 Å². The van der Waals surface area contributed by atoms with E-state index in [-0.39, 0.29) is 22.9 Å². The number of hydrogen-bond donors (Lipinski definition) is 2. The number of carbonyl (C=O) groups excluding carboxylic acids is 3. The van der Waals surface area contributed by atoms with Crippen LogP contribution in [0.2, 0.25) is 10.0 Å². The maximum absolute atomic E-state index is 12.7. The number of benzene rings is 2. The minimum atomic E-state index is -0.667. The number of halogens is 2. The number of fused-ring (bicyclic) bond motifs is 1. The summed E-state index contributed by atoms with van der Waals surface area (Å²) < 4.78 is 14.7. The van der Waals surface area contributed by atoms with Gasteiger partial charge in [-0.3, -0.25) is 5.32 Å². The molecule has 0 spiro atoms. The zero-order valence-electron chi connectivity index (χ0n) is 18.0. The van der Waals surface area contributed by atoms with E-state index in [1.807, 2.05) is 0 Å². The summed E-state index contributed by atoms with van der Waals surface area (Å²) in [5.41, 5.74) is 1.85. The third-order valence-electron chi connectivity index (χ3n) is 4.63. The molecule has 8 nitrogen and oxygen atoms in total. The van der Waals surface area contributed by atoms with Crippen LogP contribution < -0.4 is 5.32 Å². The summed E-state index contributed by atoms with van der Waals surface area (Å²) in [4.78, 5) is 39.9. The molecule has 0 aliphatic carbocycles. The molecule has 10 heteroatoms. The lowest BCUT2D eigenvalue weighted by Crippen LogP contribution is -2.11. The SMILES string of the molecule is CCOC(=O)c1[nH]c2cc(Cl)cc(Cl)c2c1/C=C(/C(=O)OC)c1cccc(NC(=O)OC)c1. The number of carbonyl (C=O) groups is 3. The predicted molar refractivity (Wildman–Crippen MR) is 127 cm³/mol. The molecule has 0 radical (unpaired) electrons. The number of nitrogens with one attached hydrogen (secondary N) is 2. The molecule has 0 saturated heterocycles.